The largest absolute Gasteiger partial charge is 0.192 e. The summed E-state index contributed by atoms with van der Waals surface area (Å²) < 4.78 is 0. The van der Waals surface area contributed by atoms with Crippen molar-refractivity contribution < 1.29 is 0 Å². The molecule has 0 aromatic heterocycles. The smallest absolute Gasteiger partial charge is 0.0997 e. The van der Waals surface area contributed by atoms with Gasteiger partial charge in [-0.3, -0.25) is 0 Å². The van der Waals surface area contributed by atoms with E-state index in [1.165, 1.54) is 5.57 Å². The van der Waals surface area contributed by atoms with Crippen molar-refractivity contribution in [2.75, 3.05) is 0 Å². The second-order valence-electron chi connectivity index (χ2n) is 3.28. The lowest BCUT2D eigenvalue weighted by atomic mass is 10.1. The molecule has 0 aliphatic rings. The van der Waals surface area contributed by atoms with E-state index in [-0.39, 0.29) is 0 Å². The van der Waals surface area contributed by atoms with Crippen molar-refractivity contribution >= 4 is 11.1 Å². The number of allylic oxidation sites excluding steroid dienone is 1. The fourth-order valence-electron chi connectivity index (χ4n) is 1.37. The molecule has 1 aromatic rings. The van der Waals surface area contributed by atoms with Gasteiger partial charge in [0, 0.05) is 0 Å². The molecule has 0 radical (unpaired) electrons. The number of hydrogen-bond donors (Lipinski definition) is 0. The molecule has 1 nitrogen and oxygen atoms in total. The van der Waals surface area contributed by atoms with E-state index in [0.717, 1.165) is 10.4 Å². The second-order valence-corrected chi connectivity index (χ2v) is 3.28. The van der Waals surface area contributed by atoms with Gasteiger partial charge in [0.2, 0.25) is 0 Å². The SMILES string of the molecule is C=C/C(C#N)=c1/ccccc1=C(C)C. The van der Waals surface area contributed by atoms with E-state index in [4.69, 9.17) is 5.26 Å². The zero-order valence-corrected chi connectivity index (χ0v) is 8.54. The van der Waals surface area contributed by atoms with Gasteiger partial charge in [-0.05, 0) is 24.3 Å². The van der Waals surface area contributed by atoms with Crippen LogP contribution < -0.4 is 10.4 Å². The number of rotatable bonds is 1. The molecule has 0 saturated heterocycles. The van der Waals surface area contributed by atoms with Crippen molar-refractivity contribution in [2.24, 2.45) is 0 Å². The van der Waals surface area contributed by atoms with Crippen LogP contribution in [0.25, 0.3) is 11.1 Å². The van der Waals surface area contributed by atoms with Crippen LogP contribution in [0.15, 0.2) is 36.9 Å². The number of nitriles is 1. The summed E-state index contributed by atoms with van der Waals surface area (Å²) in [6, 6.07) is 10.0. The van der Waals surface area contributed by atoms with Gasteiger partial charge >= 0.3 is 0 Å². The third kappa shape index (κ3) is 1.92. The molecule has 0 N–H and O–H groups in total. The third-order valence-electron chi connectivity index (χ3n) is 2.08. The molecule has 1 aromatic carbocycles. The van der Waals surface area contributed by atoms with Crippen LogP contribution >= 0.6 is 0 Å². The molecule has 70 valence electrons. The third-order valence-corrected chi connectivity index (χ3v) is 2.08. The quantitative estimate of drug-likeness (QED) is 0.650. The summed E-state index contributed by atoms with van der Waals surface area (Å²) in [5.74, 6) is 0. The van der Waals surface area contributed by atoms with Crippen LogP contribution in [-0.4, -0.2) is 0 Å². The van der Waals surface area contributed by atoms with Crippen LogP contribution in [0, 0.1) is 11.3 Å². The number of nitrogens with zero attached hydrogens (tertiary/aromatic N) is 1. The van der Waals surface area contributed by atoms with Crippen molar-refractivity contribution in [3.8, 4) is 6.07 Å². The minimum absolute atomic E-state index is 0.627. The maximum atomic E-state index is 8.92. The Morgan fingerprint density at radius 1 is 1.29 bits per heavy atom. The monoisotopic (exact) mass is 183 g/mol. The lowest BCUT2D eigenvalue weighted by molar-refractivity contribution is 1.42. The Morgan fingerprint density at radius 3 is 2.29 bits per heavy atom. The van der Waals surface area contributed by atoms with Gasteiger partial charge in [0.1, 0.15) is 0 Å². The Bertz CT molecular complexity index is 497. The molecule has 0 atom stereocenters. The minimum Gasteiger partial charge on any atom is -0.192 e. The minimum atomic E-state index is 0.627. The Kier molecular flexibility index (Phi) is 3.25. The highest BCUT2D eigenvalue weighted by molar-refractivity contribution is 5.69. The topological polar surface area (TPSA) is 23.8 Å². The van der Waals surface area contributed by atoms with E-state index >= 15 is 0 Å². The molecular weight excluding hydrogens is 170 g/mol. The highest BCUT2D eigenvalue weighted by atomic mass is 14.2. The van der Waals surface area contributed by atoms with Gasteiger partial charge in [-0.15, -0.1) is 0 Å². The Balaban J connectivity index is 3.86. The van der Waals surface area contributed by atoms with Crippen molar-refractivity contribution in [3.05, 3.63) is 47.4 Å². The molecule has 0 saturated carbocycles. The van der Waals surface area contributed by atoms with Gasteiger partial charge in [-0.25, -0.2) is 0 Å². The predicted octanol–water partition coefficient (Wildman–Crippen LogP) is 1.74. The standard InChI is InChI=1S/C13H13N/c1-4-11(9-14)13-8-6-5-7-12(13)10(2)3/h4-8H,1H2,2-3H3/b13-11+. The molecular formula is C13H13N. The summed E-state index contributed by atoms with van der Waals surface area (Å²) in [4.78, 5) is 0. The highest BCUT2D eigenvalue weighted by Gasteiger charge is 1.93. The summed E-state index contributed by atoms with van der Waals surface area (Å²) in [5.41, 5.74) is 1.83. The van der Waals surface area contributed by atoms with E-state index in [1.807, 2.05) is 38.1 Å². The summed E-state index contributed by atoms with van der Waals surface area (Å²) in [6.45, 7) is 7.72. The van der Waals surface area contributed by atoms with Crippen LogP contribution in [0.5, 0.6) is 0 Å². The van der Waals surface area contributed by atoms with Crippen LogP contribution in [0.4, 0.5) is 0 Å². The average molecular weight is 183 g/mol. The fourth-order valence-corrected chi connectivity index (χ4v) is 1.37. The van der Waals surface area contributed by atoms with Crippen LogP contribution in [0.2, 0.25) is 0 Å². The molecule has 0 amide bonds. The molecule has 0 heterocycles. The first-order chi connectivity index (χ1) is 6.70. The highest BCUT2D eigenvalue weighted by Crippen LogP contribution is 1.90. The number of hydrogen-bond acceptors (Lipinski definition) is 1. The molecule has 14 heavy (non-hydrogen) atoms. The van der Waals surface area contributed by atoms with Crippen molar-refractivity contribution in [1.82, 2.24) is 0 Å². The summed E-state index contributed by atoms with van der Waals surface area (Å²) in [6.07, 6.45) is 1.60. The average Bonchev–Trinajstić information content (AvgIpc) is 2.20. The van der Waals surface area contributed by atoms with Gasteiger partial charge in [-0.1, -0.05) is 42.5 Å². The fraction of sp³-hybridized carbons (Fsp3) is 0.154. The van der Waals surface area contributed by atoms with Crippen LogP contribution in [-0.2, 0) is 0 Å². The van der Waals surface area contributed by atoms with Crippen molar-refractivity contribution in [1.29, 1.82) is 5.26 Å². The van der Waals surface area contributed by atoms with E-state index in [1.54, 1.807) is 6.08 Å². The molecule has 0 spiro atoms. The van der Waals surface area contributed by atoms with E-state index in [2.05, 4.69) is 12.6 Å². The molecule has 0 unspecified atom stereocenters. The first-order valence-electron chi connectivity index (χ1n) is 4.50. The second kappa shape index (κ2) is 4.43. The Morgan fingerprint density at radius 2 is 1.86 bits per heavy atom. The van der Waals surface area contributed by atoms with E-state index in [9.17, 15) is 0 Å². The predicted molar refractivity (Wildman–Crippen MR) is 59.7 cm³/mol. The summed E-state index contributed by atoms with van der Waals surface area (Å²) in [7, 11) is 0. The zero-order chi connectivity index (χ0) is 10.6. The maximum absolute atomic E-state index is 8.92. The van der Waals surface area contributed by atoms with E-state index in [0.29, 0.717) is 5.57 Å². The molecule has 1 rings (SSSR count). The van der Waals surface area contributed by atoms with Gasteiger partial charge in [0.15, 0.2) is 0 Å². The number of benzene rings is 1. The molecule has 0 aliphatic heterocycles. The Hall–Kier alpha value is -1.81. The van der Waals surface area contributed by atoms with Gasteiger partial charge in [0.05, 0.1) is 11.6 Å². The van der Waals surface area contributed by atoms with Crippen LogP contribution in [0.3, 0.4) is 0 Å². The van der Waals surface area contributed by atoms with Gasteiger partial charge < -0.3 is 0 Å². The van der Waals surface area contributed by atoms with E-state index < -0.39 is 0 Å². The van der Waals surface area contributed by atoms with Crippen molar-refractivity contribution in [3.63, 3.8) is 0 Å². The maximum Gasteiger partial charge on any atom is 0.0997 e. The molecule has 0 bridgehead atoms. The summed E-state index contributed by atoms with van der Waals surface area (Å²) >= 11 is 0. The lowest BCUT2D eigenvalue weighted by Gasteiger charge is -1.95. The first kappa shape index (κ1) is 10.3. The summed E-state index contributed by atoms with van der Waals surface area (Å²) in [5, 5.41) is 11.0. The molecule has 1 heteroatoms. The lowest BCUT2D eigenvalue weighted by Crippen LogP contribution is -2.27. The Labute approximate surface area is 84.3 Å². The molecule has 0 aliphatic carbocycles. The molecule has 0 fully saturated rings. The van der Waals surface area contributed by atoms with Gasteiger partial charge in [-0.2, -0.15) is 5.26 Å². The zero-order valence-electron chi connectivity index (χ0n) is 8.54. The van der Waals surface area contributed by atoms with Crippen LogP contribution in [0.1, 0.15) is 13.8 Å². The van der Waals surface area contributed by atoms with Crippen molar-refractivity contribution in [2.45, 2.75) is 13.8 Å². The first-order valence-corrected chi connectivity index (χ1v) is 4.50. The normalized spacial score (nSPS) is 11.5. The van der Waals surface area contributed by atoms with Gasteiger partial charge in [0.25, 0.3) is 0 Å².